The lowest BCUT2D eigenvalue weighted by Gasteiger charge is -2.28. The van der Waals surface area contributed by atoms with E-state index in [1.165, 1.54) is 10.8 Å². The Morgan fingerprint density at radius 2 is 1.97 bits per heavy atom. The molecule has 38 heavy (non-hydrogen) atoms. The zero-order valence-corrected chi connectivity index (χ0v) is 22.5. The highest BCUT2D eigenvalue weighted by Crippen LogP contribution is 2.49. The second-order valence-corrected chi connectivity index (χ2v) is 11.2. The third-order valence-electron chi connectivity index (χ3n) is 6.27. The van der Waals surface area contributed by atoms with Gasteiger partial charge in [0.25, 0.3) is 0 Å². The number of anilines is 1. The van der Waals surface area contributed by atoms with E-state index >= 15 is 0 Å². The van der Waals surface area contributed by atoms with Crippen LogP contribution in [0, 0.1) is 17.2 Å². The number of fused-ring (bicyclic) bond motifs is 2. The lowest BCUT2D eigenvalue weighted by molar-refractivity contribution is -0.204. The second-order valence-electron chi connectivity index (χ2n) is 11.2. The summed E-state index contributed by atoms with van der Waals surface area (Å²) in [6.45, 7) is 11.9. The highest BCUT2D eigenvalue weighted by atomic mass is 16.8. The van der Waals surface area contributed by atoms with Gasteiger partial charge in [-0.1, -0.05) is 13.8 Å². The molecular formula is C25H34N6O7. The van der Waals surface area contributed by atoms with Crippen molar-refractivity contribution in [3.05, 3.63) is 24.2 Å². The number of nitrogens with zero attached hydrogens (tertiary/aromatic N) is 4. The van der Waals surface area contributed by atoms with Gasteiger partial charge in [-0.2, -0.15) is 10.4 Å². The molecule has 206 valence electrons. The maximum atomic E-state index is 13.2. The van der Waals surface area contributed by atoms with Gasteiger partial charge in [-0.25, -0.2) is 14.3 Å². The first kappa shape index (κ1) is 27.7. The van der Waals surface area contributed by atoms with Crippen molar-refractivity contribution in [3.8, 4) is 6.07 Å². The molecule has 2 aliphatic heterocycles. The number of amides is 2. The summed E-state index contributed by atoms with van der Waals surface area (Å²) in [7, 11) is 0. The molecule has 2 fully saturated rings. The van der Waals surface area contributed by atoms with E-state index in [0.29, 0.717) is 11.2 Å². The van der Waals surface area contributed by atoms with E-state index in [1.54, 1.807) is 60.6 Å². The first-order valence-electron chi connectivity index (χ1n) is 12.4. The number of alkyl carbamates (subject to hydrolysis) is 1. The quantitative estimate of drug-likeness (QED) is 0.501. The van der Waals surface area contributed by atoms with Crippen LogP contribution in [-0.2, 0) is 29.3 Å². The van der Waals surface area contributed by atoms with Gasteiger partial charge in [-0.05, 0) is 52.7 Å². The van der Waals surface area contributed by atoms with E-state index in [4.69, 9.17) is 18.9 Å². The lowest BCUT2D eigenvalue weighted by atomic mass is 9.92. The number of rotatable bonds is 6. The number of aliphatic hydroxyl groups is 1. The Morgan fingerprint density at radius 1 is 1.26 bits per heavy atom. The van der Waals surface area contributed by atoms with Gasteiger partial charge in [0.1, 0.15) is 47.9 Å². The standard InChI is InChI=1S/C25H34N6O7/c1-13(2)17(29-22(34)38-23(3,4)5)21(33)30-20-14-8-9-16(31(14)28-12-27-20)25(11-26)19-18(15(10-32)35-25)36-24(6,7)37-19/h8-9,12-13,15,17-19,32H,10H2,1-7H3,(H,29,34)(H,27,28,30,33)/t15-,17?,18-,19-,25+/m1/s1. The van der Waals surface area contributed by atoms with Crippen LogP contribution in [0.25, 0.3) is 5.52 Å². The van der Waals surface area contributed by atoms with Crippen molar-refractivity contribution in [2.24, 2.45) is 5.92 Å². The van der Waals surface area contributed by atoms with E-state index in [2.05, 4.69) is 26.8 Å². The van der Waals surface area contributed by atoms with Gasteiger partial charge >= 0.3 is 6.09 Å². The third-order valence-corrected chi connectivity index (χ3v) is 6.27. The monoisotopic (exact) mass is 530 g/mol. The van der Waals surface area contributed by atoms with Crippen LogP contribution in [0.1, 0.15) is 54.2 Å². The molecule has 2 saturated heterocycles. The Morgan fingerprint density at radius 3 is 2.58 bits per heavy atom. The molecule has 13 heteroatoms. The molecule has 0 radical (unpaired) electrons. The molecule has 3 N–H and O–H groups in total. The average molecular weight is 531 g/mol. The number of aromatic nitrogens is 3. The maximum Gasteiger partial charge on any atom is 0.408 e. The number of carbonyl (C=O) groups is 2. The number of carbonyl (C=O) groups excluding carboxylic acids is 2. The fourth-order valence-electron chi connectivity index (χ4n) is 4.72. The number of nitrogens with one attached hydrogen (secondary N) is 2. The van der Waals surface area contributed by atoms with Gasteiger partial charge in [0.05, 0.1) is 12.3 Å². The predicted octanol–water partition coefficient (Wildman–Crippen LogP) is 1.85. The van der Waals surface area contributed by atoms with Crippen molar-refractivity contribution in [1.29, 1.82) is 5.26 Å². The van der Waals surface area contributed by atoms with E-state index in [0.717, 1.165) is 0 Å². The van der Waals surface area contributed by atoms with E-state index in [9.17, 15) is 20.0 Å². The minimum absolute atomic E-state index is 0.165. The summed E-state index contributed by atoms with van der Waals surface area (Å²) in [6.07, 6.45) is -1.79. The Balaban J connectivity index is 1.65. The Kier molecular flexibility index (Phi) is 7.13. The lowest BCUT2D eigenvalue weighted by Crippen LogP contribution is -2.48. The topological polar surface area (TPSA) is 169 Å². The van der Waals surface area contributed by atoms with Gasteiger partial charge in [0.15, 0.2) is 11.6 Å². The van der Waals surface area contributed by atoms with Crippen LogP contribution < -0.4 is 10.6 Å². The SMILES string of the molecule is CC(C)C(NC(=O)OC(C)(C)C)C(=O)Nc1ncnn2c([C@]3(C#N)O[C@H](CO)[C@H]4OC(C)(C)O[C@H]43)ccc12. The smallest absolute Gasteiger partial charge is 0.408 e. The molecular weight excluding hydrogens is 496 g/mol. The Labute approximate surface area is 220 Å². The van der Waals surface area contributed by atoms with Crippen molar-refractivity contribution < 1.29 is 33.6 Å². The molecule has 0 saturated carbocycles. The molecule has 4 heterocycles. The molecule has 2 amide bonds. The number of hydrogen-bond acceptors (Lipinski definition) is 10. The summed E-state index contributed by atoms with van der Waals surface area (Å²) in [5.74, 6) is -1.58. The highest BCUT2D eigenvalue weighted by Gasteiger charge is 2.65. The van der Waals surface area contributed by atoms with Gasteiger partial charge in [-0.3, -0.25) is 4.79 Å². The van der Waals surface area contributed by atoms with Gasteiger partial charge in [0.2, 0.25) is 11.5 Å². The summed E-state index contributed by atoms with van der Waals surface area (Å²) < 4.78 is 24.7. The Bertz CT molecular complexity index is 1260. The van der Waals surface area contributed by atoms with Crippen LogP contribution in [0.15, 0.2) is 18.5 Å². The Hall–Kier alpha value is -3.31. The molecule has 1 unspecified atom stereocenters. The molecule has 13 nitrogen and oxygen atoms in total. The number of nitriles is 1. The van der Waals surface area contributed by atoms with Crippen LogP contribution >= 0.6 is 0 Å². The molecule has 2 aromatic heterocycles. The van der Waals surface area contributed by atoms with Crippen LogP contribution in [0.3, 0.4) is 0 Å². The number of ether oxygens (including phenoxy) is 4. The fourth-order valence-corrected chi connectivity index (χ4v) is 4.72. The summed E-state index contributed by atoms with van der Waals surface area (Å²) in [4.78, 5) is 29.7. The summed E-state index contributed by atoms with van der Waals surface area (Å²) in [5, 5.41) is 29.9. The molecule has 2 aromatic rings. The maximum absolute atomic E-state index is 13.2. The van der Waals surface area contributed by atoms with Crippen LogP contribution in [0.2, 0.25) is 0 Å². The van der Waals surface area contributed by atoms with Gasteiger partial charge in [-0.15, -0.1) is 0 Å². The van der Waals surface area contributed by atoms with Gasteiger partial charge < -0.3 is 34.7 Å². The van der Waals surface area contributed by atoms with Crippen molar-refractivity contribution in [3.63, 3.8) is 0 Å². The highest BCUT2D eigenvalue weighted by molar-refractivity contribution is 5.98. The molecule has 0 spiro atoms. The molecule has 0 bridgehead atoms. The third kappa shape index (κ3) is 5.04. The first-order valence-corrected chi connectivity index (χ1v) is 12.4. The van der Waals surface area contributed by atoms with Crippen LogP contribution in [0.5, 0.6) is 0 Å². The number of aliphatic hydroxyl groups excluding tert-OH is 1. The van der Waals surface area contributed by atoms with Crippen molar-refractivity contribution in [2.45, 2.75) is 89.8 Å². The van der Waals surface area contributed by atoms with Crippen molar-refractivity contribution in [2.75, 3.05) is 11.9 Å². The summed E-state index contributed by atoms with van der Waals surface area (Å²) >= 11 is 0. The normalized spacial score (nSPS) is 27.1. The fraction of sp³-hybridized carbons (Fsp3) is 0.640. The second kappa shape index (κ2) is 9.77. The minimum Gasteiger partial charge on any atom is -0.444 e. The summed E-state index contributed by atoms with van der Waals surface area (Å²) in [6, 6.07) is 4.58. The van der Waals surface area contributed by atoms with E-state index < -0.39 is 53.3 Å². The summed E-state index contributed by atoms with van der Waals surface area (Å²) in [5.41, 5.74) is -1.66. The van der Waals surface area contributed by atoms with Crippen LogP contribution in [-0.4, -0.2) is 74.1 Å². The van der Waals surface area contributed by atoms with Gasteiger partial charge in [0, 0.05) is 0 Å². The van der Waals surface area contributed by atoms with E-state index in [1.807, 2.05) is 0 Å². The molecule has 2 aliphatic rings. The van der Waals surface area contributed by atoms with Crippen molar-refractivity contribution in [1.82, 2.24) is 19.9 Å². The average Bonchev–Trinajstić information content (AvgIpc) is 3.46. The molecule has 0 aliphatic carbocycles. The predicted molar refractivity (Wildman–Crippen MR) is 133 cm³/mol. The molecule has 5 atom stereocenters. The molecule has 0 aromatic carbocycles. The first-order chi connectivity index (χ1) is 17.7. The van der Waals surface area contributed by atoms with Crippen LogP contribution in [0.4, 0.5) is 10.6 Å². The largest absolute Gasteiger partial charge is 0.444 e. The van der Waals surface area contributed by atoms with Crippen molar-refractivity contribution >= 4 is 23.3 Å². The zero-order chi connectivity index (χ0) is 28.0. The number of hydrogen-bond donors (Lipinski definition) is 3. The van der Waals surface area contributed by atoms with E-state index in [-0.39, 0.29) is 18.3 Å². The zero-order valence-electron chi connectivity index (χ0n) is 22.5. The molecule has 4 rings (SSSR count). The minimum atomic E-state index is -1.65.